The maximum Gasteiger partial charge on any atom is 0.163 e. The SMILES string of the molecule is COc1cccc(CC2c3cc4c(cc3CCN2CCC(C)C)OCC4)c1OC. The van der Waals surface area contributed by atoms with Gasteiger partial charge in [0.05, 0.1) is 20.8 Å². The van der Waals surface area contributed by atoms with E-state index >= 15 is 0 Å². The van der Waals surface area contributed by atoms with Crippen LogP contribution in [0.25, 0.3) is 0 Å². The molecule has 1 unspecified atom stereocenters. The largest absolute Gasteiger partial charge is 0.493 e. The number of methoxy groups -OCH3 is 2. The molecule has 2 heterocycles. The van der Waals surface area contributed by atoms with Crippen molar-refractivity contribution in [3.05, 3.63) is 52.6 Å². The third kappa shape index (κ3) is 4.09. The molecule has 2 aliphatic rings. The van der Waals surface area contributed by atoms with Crippen LogP contribution in [0, 0.1) is 5.92 Å². The highest BCUT2D eigenvalue weighted by Gasteiger charge is 2.30. The summed E-state index contributed by atoms with van der Waals surface area (Å²) in [5.74, 6) is 3.46. The van der Waals surface area contributed by atoms with Gasteiger partial charge in [0.2, 0.25) is 0 Å². The lowest BCUT2D eigenvalue weighted by Gasteiger charge is -2.38. The fourth-order valence-corrected chi connectivity index (χ4v) is 4.68. The standard InChI is InChI=1S/C25H33NO3/c1-17(2)8-11-26-12-9-18-16-24-19(10-13-29-24)14-21(18)22(26)15-20-6-5-7-23(27-3)25(20)28-4/h5-7,14,16-17,22H,8-13,15H2,1-4H3. The first-order chi connectivity index (χ1) is 14.1. The minimum atomic E-state index is 0.351. The second kappa shape index (κ2) is 8.66. The van der Waals surface area contributed by atoms with E-state index in [1.54, 1.807) is 14.2 Å². The molecule has 0 bridgehead atoms. The van der Waals surface area contributed by atoms with E-state index in [2.05, 4.69) is 43.0 Å². The Labute approximate surface area is 174 Å². The molecule has 2 aliphatic heterocycles. The minimum Gasteiger partial charge on any atom is -0.493 e. The van der Waals surface area contributed by atoms with Crippen LogP contribution in [0.4, 0.5) is 0 Å². The second-order valence-electron chi connectivity index (χ2n) is 8.60. The predicted octanol–water partition coefficient (Wildman–Crippen LogP) is 4.83. The van der Waals surface area contributed by atoms with Gasteiger partial charge in [0, 0.05) is 19.0 Å². The lowest BCUT2D eigenvalue weighted by atomic mass is 9.86. The van der Waals surface area contributed by atoms with Gasteiger partial charge in [-0.15, -0.1) is 0 Å². The maximum atomic E-state index is 5.84. The van der Waals surface area contributed by atoms with Crippen LogP contribution in [0.15, 0.2) is 30.3 Å². The van der Waals surface area contributed by atoms with E-state index in [1.165, 1.54) is 28.7 Å². The molecule has 0 fully saturated rings. The zero-order chi connectivity index (χ0) is 20.4. The molecule has 4 heteroatoms. The van der Waals surface area contributed by atoms with Gasteiger partial charge in [-0.1, -0.05) is 32.0 Å². The Morgan fingerprint density at radius 1 is 1.10 bits per heavy atom. The van der Waals surface area contributed by atoms with Gasteiger partial charge in [-0.05, 0) is 66.1 Å². The van der Waals surface area contributed by atoms with Gasteiger partial charge in [-0.25, -0.2) is 0 Å². The van der Waals surface area contributed by atoms with Gasteiger partial charge >= 0.3 is 0 Å². The molecule has 0 aliphatic carbocycles. The molecule has 156 valence electrons. The molecule has 4 rings (SSSR count). The summed E-state index contributed by atoms with van der Waals surface area (Å²) in [6.45, 7) is 7.64. The highest BCUT2D eigenvalue weighted by molar-refractivity contribution is 5.50. The number of nitrogens with zero attached hydrogens (tertiary/aromatic N) is 1. The van der Waals surface area contributed by atoms with Crippen LogP contribution in [0.3, 0.4) is 0 Å². The molecule has 0 amide bonds. The molecule has 0 saturated carbocycles. The van der Waals surface area contributed by atoms with Crippen LogP contribution >= 0.6 is 0 Å². The first-order valence-corrected chi connectivity index (χ1v) is 10.8. The van der Waals surface area contributed by atoms with E-state index < -0.39 is 0 Å². The molecule has 1 atom stereocenters. The van der Waals surface area contributed by atoms with E-state index in [4.69, 9.17) is 14.2 Å². The average Bonchev–Trinajstić information content (AvgIpc) is 3.18. The van der Waals surface area contributed by atoms with Crippen LogP contribution in [0.2, 0.25) is 0 Å². The van der Waals surface area contributed by atoms with Crippen molar-refractivity contribution in [2.45, 2.75) is 45.6 Å². The number of benzene rings is 2. The monoisotopic (exact) mass is 395 g/mol. The highest BCUT2D eigenvalue weighted by atomic mass is 16.5. The summed E-state index contributed by atoms with van der Waals surface area (Å²) in [5, 5.41) is 0. The molecule has 0 saturated heterocycles. The summed E-state index contributed by atoms with van der Waals surface area (Å²) < 4.78 is 17.1. The summed E-state index contributed by atoms with van der Waals surface area (Å²) in [7, 11) is 3.44. The Balaban J connectivity index is 1.71. The zero-order valence-corrected chi connectivity index (χ0v) is 18.2. The zero-order valence-electron chi connectivity index (χ0n) is 18.2. The van der Waals surface area contributed by atoms with Gasteiger partial charge in [-0.3, -0.25) is 4.90 Å². The molecule has 2 aromatic rings. The average molecular weight is 396 g/mol. The van der Waals surface area contributed by atoms with E-state index in [9.17, 15) is 0 Å². The van der Waals surface area contributed by atoms with Crippen molar-refractivity contribution in [3.63, 3.8) is 0 Å². The van der Waals surface area contributed by atoms with E-state index in [0.29, 0.717) is 12.0 Å². The number of para-hydroxylation sites is 1. The van der Waals surface area contributed by atoms with Crippen LogP contribution in [-0.4, -0.2) is 38.8 Å². The number of ether oxygens (including phenoxy) is 3. The number of fused-ring (bicyclic) bond motifs is 2. The van der Waals surface area contributed by atoms with Gasteiger partial charge in [-0.2, -0.15) is 0 Å². The molecule has 2 aromatic carbocycles. The third-order valence-corrected chi connectivity index (χ3v) is 6.31. The minimum absolute atomic E-state index is 0.351. The summed E-state index contributed by atoms with van der Waals surface area (Å²) >= 11 is 0. The Bertz CT molecular complexity index is 861. The van der Waals surface area contributed by atoms with Gasteiger partial charge in [0.15, 0.2) is 11.5 Å². The summed E-state index contributed by atoms with van der Waals surface area (Å²) in [4.78, 5) is 2.67. The highest BCUT2D eigenvalue weighted by Crippen LogP contribution is 2.41. The van der Waals surface area contributed by atoms with Crippen molar-refractivity contribution in [2.75, 3.05) is 33.9 Å². The van der Waals surface area contributed by atoms with Gasteiger partial charge in [0.25, 0.3) is 0 Å². The molecule has 0 radical (unpaired) electrons. The molecule has 29 heavy (non-hydrogen) atoms. The van der Waals surface area contributed by atoms with Gasteiger partial charge in [0.1, 0.15) is 5.75 Å². The normalized spacial score (nSPS) is 18.3. The maximum absolute atomic E-state index is 5.84. The fraction of sp³-hybridized carbons (Fsp3) is 0.520. The lowest BCUT2D eigenvalue weighted by molar-refractivity contribution is 0.173. The third-order valence-electron chi connectivity index (χ3n) is 6.31. The van der Waals surface area contributed by atoms with Crippen LogP contribution in [0.5, 0.6) is 17.2 Å². The van der Waals surface area contributed by atoms with E-state index in [1.807, 2.05) is 6.07 Å². The smallest absolute Gasteiger partial charge is 0.163 e. The van der Waals surface area contributed by atoms with Crippen molar-refractivity contribution < 1.29 is 14.2 Å². The van der Waals surface area contributed by atoms with Crippen LogP contribution in [-0.2, 0) is 19.3 Å². The Kier molecular flexibility index (Phi) is 6.00. The summed E-state index contributed by atoms with van der Waals surface area (Å²) in [6.07, 6.45) is 4.25. The summed E-state index contributed by atoms with van der Waals surface area (Å²) in [5.41, 5.74) is 5.47. The van der Waals surface area contributed by atoms with E-state index in [-0.39, 0.29) is 0 Å². The number of rotatable bonds is 7. The van der Waals surface area contributed by atoms with Crippen molar-refractivity contribution in [3.8, 4) is 17.2 Å². The van der Waals surface area contributed by atoms with Crippen molar-refractivity contribution in [2.24, 2.45) is 5.92 Å². The molecule has 0 spiro atoms. The first kappa shape index (κ1) is 20.1. The Morgan fingerprint density at radius 3 is 2.72 bits per heavy atom. The molecule has 0 aromatic heterocycles. The Hall–Kier alpha value is -2.20. The van der Waals surface area contributed by atoms with Crippen molar-refractivity contribution in [1.82, 2.24) is 4.90 Å². The quantitative estimate of drug-likeness (QED) is 0.672. The van der Waals surface area contributed by atoms with Crippen molar-refractivity contribution in [1.29, 1.82) is 0 Å². The molecular weight excluding hydrogens is 362 g/mol. The lowest BCUT2D eigenvalue weighted by Crippen LogP contribution is -2.37. The molecular formula is C25H33NO3. The molecule has 4 nitrogen and oxygen atoms in total. The first-order valence-electron chi connectivity index (χ1n) is 10.8. The van der Waals surface area contributed by atoms with Crippen LogP contribution in [0.1, 0.15) is 48.6 Å². The van der Waals surface area contributed by atoms with Crippen molar-refractivity contribution >= 4 is 0 Å². The number of hydrogen-bond donors (Lipinski definition) is 0. The fourth-order valence-electron chi connectivity index (χ4n) is 4.68. The Morgan fingerprint density at radius 2 is 1.97 bits per heavy atom. The topological polar surface area (TPSA) is 30.9 Å². The second-order valence-corrected chi connectivity index (χ2v) is 8.60. The number of hydrogen-bond acceptors (Lipinski definition) is 4. The van der Waals surface area contributed by atoms with E-state index in [0.717, 1.165) is 56.2 Å². The van der Waals surface area contributed by atoms with Gasteiger partial charge < -0.3 is 14.2 Å². The summed E-state index contributed by atoms with van der Waals surface area (Å²) in [6, 6.07) is 11.3. The molecule has 0 N–H and O–H groups in total. The predicted molar refractivity (Wildman–Crippen MR) is 116 cm³/mol. The van der Waals surface area contributed by atoms with Crippen LogP contribution < -0.4 is 14.2 Å².